The summed E-state index contributed by atoms with van der Waals surface area (Å²) in [5.74, 6) is -4.80. The molecule has 13 heteroatoms. The van der Waals surface area contributed by atoms with Gasteiger partial charge >= 0.3 is 23.9 Å². The zero-order chi connectivity index (χ0) is 27.2. The molecule has 196 valence electrons. The molecule has 1 aliphatic rings. The number of hydrogen-bond donors (Lipinski definition) is 3. The van der Waals surface area contributed by atoms with Gasteiger partial charge in [0.25, 0.3) is 0 Å². The quantitative estimate of drug-likeness (QED) is 0.149. The summed E-state index contributed by atoms with van der Waals surface area (Å²) in [6, 6.07) is 2.05. The number of carbonyl (C=O) groups is 5. The van der Waals surface area contributed by atoms with Gasteiger partial charge in [0.1, 0.15) is 30.3 Å². The van der Waals surface area contributed by atoms with E-state index in [1.54, 1.807) is 0 Å². The number of anilines is 1. The van der Waals surface area contributed by atoms with Gasteiger partial charge in [-0.05, 0) is 12.1 Å². The van der Waals surface area contributed by atoms with Crippen molar-refractivity contribution in [3.8, 4) is 11.5 Å². The lowest BCUT2D eigenvalue weighted by atomic mass is 9.89. The van der Waals surface area contributed by atoms with E-state index in [0.717, 1.165) is 45.9 Å². The van der Waals surface area contributed by atoms with Crippen LogP contribution in [0.4, 0.5) is 5.69 Å². The van der Waals surface area contributed by atoms with Gasteiger partial charge in [-0.1, -0.05) is 6.58 Å². The molecule has 0 radical (unpaired) electrons. The molecule has 2 rings (SSSR count). The summed E-state index contributed by atoms with van der Waals surface area (Å²) in [5, 5.41) is 23.4. The van der Waals surface area contributed by atoms with Crippen molar-refractivity contribution in [3.63, 3.8) is 0 Å². The minimum absolute atomic E-state index is 0.137. The molecular formula is C23H27NO12. The summed E-state index contributed by atoms with van der Waals surface area (Å²) in [6.07, 6.45) is -6.04. The first-order chi connectivity index (χ1) is 16.8. The Morgan fingerprint density at radius 2 is 1.44 bits per heavy atom. The number of esters is 4. The Kier molecular flexibility index (Phi) is 9.38. The first-order valence-electron chi connectivity index (χ1n) is 10.6. The summed E-state index contributed by atoms with van der Waals surface area (Å²) in [4.78, 5) is 58.7. The van der Waals surface area contributed by atoms with Crippen LogP contribution in [0, 0.1) is 0 Å². The Labute approximate surface area is 205 Å². The van der Waals surface area contributed by atoms with Crippen molar-refractivity contribution in [2.75, 3.05) is 11.9 Å². The number of carbonyl (C=O) groups excluding carboxylic acids is 5. The summed E-state index contributed by atoms with van der Waals surface area (Å²) in [5.41, 5.74) is -0.298. The Morgan fingerprint density at radius 3 is 1.97 bits per heavy atom. The topological polar surface area (TPSA) is 184 Å². The Balaban J connectivity index is 2.64. The van der Waals surface area contributed by atoms with Gasteiger partial charge in [0, 0.05) is 39.3 Å². The molecule has 5 atom stereocenters. The summed E-state index contributed by atoms with van der Waals surface area (Å²) < 4.78 is 26.9. The van der Waals surface area contributed by atoms with Crippen LogP contribution in [0.15, 0.2) is 24.8 Å². The number of amides is 1. The van der Waals surface area contributed by atoms with E-state index in [1.165, 1.54) is 0 Å². The van der Waals surface area contributed by atoms with Gasteiger partial charge in [0.05, 0.1) is 5.69 Å². The maximum absolute atomic E-state index is 11.9. The van der Waals surface area contributed by atoms with Crippen molar-refractivity contribution < 1.29 is 57.9 Å². The standard InChI is InChI=1S/C23H27NO12/c1-6-19(31)24-15-8-16(29)14(7-17(15)30)20-22(34-12(4)27)23(35-13(5)28)21(33-11(3)26)18(36-20)9-32-10(2)25/h6-8,18,20-23,29-30H,1,9H2,2-5H3,(H,24,31)/t18-,20+,21-,22+,23+/m1/s1. The number of phenols is 2. The lowest BCUT2D eigenvalue weighted by Crippen LogP contribution is -2.59. The molecule has 1 fully saturated rings. The lowest BCUT2D eigenvalue weighted by molar-refractivity contribution is -0.254. The fourth-order valence-electron chi connectivity index (χ4n) is 3.58. The zero-order valence-corrected chi connectivity index (χ0v) is 20.0. The van der Waals surface area contributed by atoms with Gasteiger partial charge < -0.3 is 39.2 Å². The third-order valence-electron chi connectivity index (χ3n) is 4.89. The molecule has 1 amide bonds. The van der Waals surface area contributed by atoms with Crippen LogP contribution in [-0.4, -0.2) is 71.0 Å². The molecule has 3 N–H and O–H groups in total. The van der Waals surface area contributed by atoms with E-state index in [1.807, 2.05) is 0 Å². The van der Waals surface area contributed by atoms with Crippen LogP contribution in [-0.2, 0) is 47.7 Å². The van der Waals surface area contributed by atoms with Crippen molar-refractivity contribution >= 4 is 35.5 Å². The van der Waals surface area contributed by atoms with Crippen molar-refractivity contribution in [2.24, 2.45) is 0 Å². The molecule has 1 aliphatic heterocycles. The number of benzene rings is 1. The van der Waals surface area contributed by atoms with Crippen LogP contribution in [0.25, 0.3) is 0 Å². The van der Waals surface area contributed by atoms with Gasteiger partial charge in [-0.15, -0.1) is 0 Å². The highest BCUT2D eigenvalue weighted by Crippen LogP contribution is 2.43. The van der Waals surface area contributed by atoms with E-state index in [-0.39, 0.29) is 11.3 Å². The van der Waals surface area contributed by atoms with Crippen LogP contribution >= 0.6 is 0 Å². The van der Waals surface area contributed by atoms with Crippen LogP contribution in [0.1, 0.15) is 39.4 Å². The zero-order valence-electron chi connectivity index (χ0n) is 20.0. The minimum atomic E-state index is -1.48. The molecule has 0 spiro atoms. The Bertz CT molecular complexity index is 1050. The third kappa shape index (κ3) is 7.18. The van der Waals surface area contributed by atoms with E-state index >= 15 is 0 Å². The summed E-state index contributed by atoms with van der Waals surface area (Å²) in [6.45, 7) is 7.19. The second-order valence-electron chi connectivity index (χ2n) is 7.74. The second-order valence-corrected chi connectivity index (χ2v) is 7.74. The average molecular weight is 509 g/mol. The number of ether oxygens (including phenoxy) is 5. The van der Waals surface area contributed by atoms with Crippen LogP contribution in [0.3, 0.4) is 0 Å². The molecule has 1 saturated heterocycles. The van der Waals surface area contributed by atoms with Gasteiger partial charge in [0.15, 0.2) is 18.3 Å². The highest BCUT2D eigenvalue weighted by Gasteiger charge is 2.53. The van der Waals surface area contributed by atoms with Gasteiger partial charge in [-0.3, -0.25) is 24.0 Å². The van der Waals surface area contributed by atoms with Gasteiger partial charge in [-0.25, -0.2) is 0 Å². The SMILES string of the molecule is C=CC(=O)Nc1cc(O)c([C@@H]2O[C@H](COC(C)=O)[C@@H](OC(C)=O)[C@H](OC(C)=O)[C@H]2OC(C)=O)cc1O. The normalized spacial score (nSPS) is 23.1. The first kappa shape index (κ1) is 28.1. The fraction of sp³-hybridized carbons (Fsp3) is 0.435. The largest absolute Gasteiger partial charge is 0.507 e. The van der Waals surface area contributed by atoms with Gasteiger partial charge in [0.2, 0.25) is 5.91 Å². The van der Waals surface area contributed by atoms with E-state index in [2.05, 4.69) is 11.9 Å². The predicted octanol–water partition coefficient (Wildman–Crippen LogP) is 1.02. The van der Waals surface area contributed by atoms with Gasteiger partial charge in [-0.2, -0.15) is 0 Å². The van der Waals surface area contributed by atoms with Crippen molar-refractivity contribution in [1.29, 1.82) is 0 Å². The Morgan fingerprint density at radius 1 is 0.889 bits per heavy atom. The molecule has 0 aliphatic carbocycles. The van der Waals surface area contributed by atoms with Crippen molar-refractivity contribution in [1.82, 2.24) is 0 Å². The Hall–Kier alpha value is -4.13. The predicted molar refractivity (Wildman–Crippen MR) is 120 cm³/mol. The van der Waals surface area contributed by atoms with E-state index < -0.39 is 78.4 Å². The fourth-order valence-corrected chi connectivity index (χ4v) is 3.58. The molecule has 1 heterocycles. The first-order valence-corrected chi connectivity index (χ1v) is 10.6. The summed E-state index contributed by atoms with van der Waals surface area (Å²) >= 11 is 0. The number of rotatable bonds is 8. The number of phenolic OH excluding ortho intramolecular Hbond substituents is 2. The maximum Gasteiger partial charge on any atom is 0.303 e. The number of aromatic hydroxyl groups is 2. The number of hydrogen-bond acceptors (Lipinski definition) is 12. The second kappa shape index (κ2) is 12.0. The molecule has 0 saturated carbocycles. The smallest absolute Gasteiger partial charge is 0.303 e. The third-order valence-corrected chi connectivity index (χ3v) is 4.89. The molecular weight excluding hydrogens is 482 g/mol. The summed E-state index contributed by atoms with van der Waals surface area (Å²) in [7, 11) is 0. The molecule has 0 aromatic heterocycles. The van der Waals surface area contributed by atoms with Crippen molar-refractivity contribution in [3.05, 3.63) is 30.4 Å². The highest BCUT2D eigenvalue weighted by molar-refractivity contribution is 6.00. The number of nitrogens with one attached hydrogen (secondary N) is 1. The van der Waals surface area contributed by atoms with Crippen LogP contribution < -0.4 is 5.32 Å². The highest BCUT2D eigenvalue weighted by atomic mass is 16.7. The van der Waals surface area contributed by atoms with E-state index in [0.29, 0.717) is 0 Å². The molecule has 1 aromatic rings. The molecule has 0 unspecified atom stereocenters. The minimum Gasteiger partial charge on any atom is -0.507 e. The van der Waals surface area contributed by atoms with Crippen molar-refractivity contribution in [2.45, 2.75) is 58.2 Å². The van der Waals surface area contributed by atoms with E-state index in [9.17, 15) is 34.2 Å². The molecule has 0 bridgehead atoms. The maximum atomic E-state index is 11.9. The molecule has 36 heavy (non-hydrogen) atoms. The van der Waals surface area contributed by atoms with Crippen LogP contribution in [0.5, 0.6) is 11.5 Å². The molecule has 1 aromatic carbocycles. The lowest BCUT2D eigenvalue weighted by Gasteiger charge is -2.44. The average Bonchev–Trinajstić information content (AvgIpc) is 2.76. The molecule has 13 nitrogen and oxygen atoms in total. The monoisotopic (exact) mass is 509 g/mol. The van der Waals surface area contributed by atoms with E-state index in [4.69, 9.17) is 23.7 Å². The van der Waals surface area contributed by atoms with Crippen LogP contribution in [0.2, 0.25) is 0 Å².